The van der Waals surface area contributed by atoms with E-state index in [0.29, 0.717) is 12.4 Å². The van der Waals surface area contributed by atoms with Gasteiger partial charge >= 0.3 is 0 Å². The van der Waals surface area contributed by atoms with Crippen molar-refractivity contribution in [1.82, 2.24) is 15.1 Å². The van der Waals surface area contributed by atoms with E-state index < -0.39 is 5.41 Å². The molecule has 0 bridgehead atoms. The number of nitrogens with zero attached hydrogens (tertiary/aromatic N) is 2. The molecule has 0 unspecified atom stereocenters. The highest BCUT2D eigenvalue weighted by Crippen LogP contribution is 2.12. The van der Waals surface area contributed by atoms with Crippen LogP contribution < -0.4 is 10.6 Å². The lowest BCUT2D eigenvalue weighted by Gasteiger charge is -2.17. The van der Waals surface area contributed by atoms with Crippen LogP contribution in [0.3, 0.4) is 0 Å². The van der Waals surface area contributed by atoms with Crippen LogP contribution in [0.1, 0.15) is 27.2 Å². The zero-order valence-electron chi connectivity index (χ0n) is 11.3. The number of hydrogen-bond donors (Lipinski definition) is 2. The van der Waals surface area contributed by atoms with Crippen molar-refractivity contribution in [2.24, 2.45) is 12.5 Å². The van der Waals surface area contributed by atoms with Crippen LogP contribution in [0, 0.1) is 5.41 Å². The molecule has 0 aliphatic rings. The van der Waals surface area contributed by atoms with Crippen molar-refractivity contribution in [3.05, 3.63) is 12.3 Å². The molecule has 0 saturated carbocycles. The first-order valence-electron chi connectivity index (χ1n) is 5.87. The largest absolute Gasteiger partial charge is 0.355 e. The van der Waals surface area contributed by atoms with Crippen molar-refractivity contribution in [1.29, 1.82) is 0 Å². The Labute approximate surface area is 107 Å². The van der Waals surface area contributed by atoms with E-state index >= 15 is 0 Å². The summed E-state index contributed by atoms with van der Waals surface area (Å²) in [5.41, 5.74) is -0.433. The highest BCUT2D eigenvalue weighted by atomic mass is 16.2. The number of aromatic nitrogens is 2. The summed E-state index contributed by atoms with van der Waals surface area (Å²) in [6.45, 7) is 5.82. The number of anilines is 1. The van der Waals surface area contributed by atoms with Crippen LogP contribution in [0.25, 0.3) is 0 Å². The predicted octanol–water partition coefficient (Wildman–Crippen LogP) is 0.911. The van der Waals surface area contributed by atoms with Gasteiger partial charge in [0.1, 0.15) is 0 Å². The number of aryl methyl sites for hydroxylation is 1. The minimum Gasteiger partial charge on any atom is -0.355 e. The lowest BCUT2D eigenvalue weighted by Crippen LogP contribution is -2.36. The van der Waals surface area contributed by atoms with Gasteiger partial charge in [0.2, 0.25) is 11.8 Å². The van der Waals surface area contributed by atoms with E-state index in [2.05, 4.69) is 15.7 Å². The first-order valence-corrected chi connectivity index (χ1v) is 5.87. The lowest BCUT2D eigenvalue weighted by molar-refractivity contribution is -0.128. The Morgan fingerprint density at radius 2 is 2.06 bits per heavy atom. The molecule has 1 aromatic rings. The smallest absolute Gasteiger partial charge is 0.227 e. The first-order chi connectivity index (χ1) is 8.29. The number of carbonyl (C=O) groups excluding carboxylic acids is 2. The average molecular weight is 252 g/mol. The number of hydrogen-bond acceptors (Lipinski definition) is 3. The summed E-state index contributed by atoms with van der Waals surface area (Å²) < 4.78 is 1.61. The second-order valence-electron chi connectivity index (χ2n) is 5.18. The van der Waals surface area contributed by atoms with Crippen molar-refractivity contribution in [3.8, 4) is 0 Å². The zero-order chi connectivity index (χ0) is 13.8. The second-order valence-corrected chi connectivity index (χ2v) is 5.18. The SMILES string of the molecule is Cn1ccc(NC(=O)CCNC(=O)C(C)(C)C)n1. The van der Waals surface area contributed by atoms with Gasteiger partial charge in [0.05, 0.1) is 0 Å². The molecule has 0 aliphatic carbocycles. The van der Waals surface area contributed by atoms with E-state index in [9.17, 15) is 9.59 Å². The fourth-order valence-corrected chi connectivity index (χ4v) is 1.24. The maximum absolute atomic E-state index is 11.5. The Morgan fingerprint density at radius 3 is 2.56 bits per heavy atom. The molecule has 0 saturated heterocycles. The van der Waals surface area contributed by atoms with E-state index in [0.717, 1.165) is 0 Å². The first kappa shape index (κ1) is 14.2. The molecule has 2 N–H and O–H groups in total. The molecule has 1 aromatic heterocycles. The van der Waals surface area contributed by atoms with Crippen LogP contribution in [0.15, 0.2) is 12.3 Å². The second kappa shape index (κ2) is 5.66. The lowest BCUT2D eigenvalue weighted by atomic mass is 9.96. The van der Waals surface area contributed by atoms with Gasteiger partial charge < -0.3 is 10.6 Å². The highest BCUT2D eigenvalue weighted by molar-refractivity contribution is 5.90. The third-order valence-corrected chi connectivity index (χ3v) is 2.30. The number of nitrogens with one attached hydrogen (secondary N) is 2. The molecule has 0 fully saturated rings. The van der Waals surface area contributed by atoms with Gasteiger partial charge in [-0.1, -0.05) is 20.8 Å². The predicted molar refractivity (Wildman–Crippen MR) is 68.9 cm³/mol. The number of amides is 2. The molecule has 0 atom stereocenters. The van der Waals surface area contributed by atoms with E-state index in [1.165, 1.54) is 0 Å². The molecule has 2 amide bonds. The number of carbonyl (C=O) groups is 2. The quantitative estimate of drug-likeness (QED) is 0.836. The fourth-order valence-electron chi connectivity index (χ4n) is 1.24. The van der Waals surface area contributed by atoms with E-state index in [1.807, 2.05) is 20.8 Å². The summed E-state index contributed by atoms with van der Waals surface area (Å²) in [5, 5.41) is 9.40. The average Bonchev–Trinajstić information content (AvgIpc) is 2.62. The van der Waals surface area contributed by atoms with Gasteiger partial charge in [-0.05, 0) is 0 Å². The molecule has 0 aliphatic heterocycles. The van der Waals surface area contributed by atoms with Gasteiger partial charge in [-0.3, -0.25) is 14.3 Å². The fraction of sp³-hybridized carbons (Fsp3) is 0.583. The normalized spacial score (nSPS) is 11.1. The molecule has 100 valence electrons. The van der Waals surface area contributed by atoms with Gasteiger partial charge in [-0.25, -0.2) is 0 Å². The van der Waals surface area contributed by atoms with Crippen LogP contribution >= 0.6 is 0 Å². The van der Waals surface area contributed by atoms with Crippen molar-refractivity contribution < 1.29 is 9.59 Å². The van der Waals surface area contributed by atoms with E-state index in [-0.39, 0.29) is 18.2 Å². The molecular formula is C12H20N4O2. The monoisotopic (exact) mass is 252 g/mol. The number of rotatable bonds is 4. The summed E-state index contributed by atoms with van der Waals surface area (Å²) in [5.74, 6) is 0.292. The molecule has 0 radical (unpaired) electrons. The third-order valence-electron chi connectivity index (χ3n) is 2.30. The van der Waals surface area contributed by atoms with Crippen LogP contribution in [0.4, 0.5) is 5.82 Å². The molecule has 0 spiro atoms. The summed E-state index contributed by atoms with van der Waals surface area (Å²) in [6.07, 6.45) is 1.98. The maximum Gasteiger partial charge on any atom is 0.227 e. The minimum atomic E-state index is -0.433. The van der Waals surface area contributed by atoms with Crippen LogP contribution in [-0.4, -0.2) is 28.1 Å². The van der Waals surface area contributed by atoms with Gasteiger partial charge in [0, 0.05) is 37.7 Å². The highest BCUT2D eigenvalue weighted by Gasteiger charge is 2.20. The third kappa shape index (κ3) is 4.57. The van der Waals surface area contributed by atoms with Gasteiger partial charge in [-0.2, -0.15) is 5.10 Å². The van der Waals surface area contributed by atoms with E-state index in [1.54, 1.807) is 24.0 Å². The summed E-state index contributed by atoms with van der Waals surface area (Å²) in [6, 6.07) is 1.71. The van der Waals surface area contributed by atoms with E-state index in [4.69, 9.17) is 0 Å². The van der Waals surface area contributed by atoms with Crippen LogP contribution in [-0.2, 0) is 16.6 Å². The Morgan fingerprint density at radius 1 is 1.39 bits per heavy atom. The van der Waals surface area contributed by atoms with Crippen molar-refractivity contribution in [2.75, 3.05) is 11.9 Å². The molecule has 6 nitrogen and oxygen atoms in total. The molecule has 0 aromatic carbocycles. The Kier molecular flexibility index (Phi) is 4.47. The molecule has 18 heavy (non-hydrogen) atoms. The van der Waals surface area contributed by atoms with Crippen LogP contribution in [0.5, 0.6) is 0 Å². The zero-order valence-corrected chi connectivity index (χ0v) is 11.3. The van der Waals surface area contributed by atoms with Gasteiger partial charge in [-0.15, -0.1) is 0 Å². The topological polar surface area (TPSA) is 76.0 Å². The Bertz CT molecular complexity index is 432. The van der Waals surface area contributed by atoms with Gasteiger partial charge in [0.25, 0.3) is 0 Å². The van der Waals surface area contributed by atoms with Crippen LogP contribution in [0.2, 0.25) is 0 Å². The molecule has 1 heterocycles. The van der Waals surface area contributed by atoms with Gasteiger partial charge in [0.15, 0.2) is 5.82 Å². The molecule has 1 rings (SSSR count). The summed E-state index contributed by atoms with van der Waals surface area (Å²) in [4.78, 5) is 23.1. The Balaban J connectivity index is 2.28. The standard InChI is InChI=1S/C12H20N4O2/c1-12(2,3)11(18)13-7-5-10(17)14-9-6-8-16(4)15-9/h6,8H,5,7H2,1-4H3,(H,13,18)(H,14,15,17). The minimum absolute atomic E-state index is 0.0619. The summed E-state index contributed by atoms with van der Waals surface area (Å²) >= 11 is 0. The summed E-state index contributed by atoms with van der Waals surface area (Å²) in [7, 11) is 1.78. The van der Waals surface area contributed by atoms with Crippen molar-refractivity contribution in [3.63, 3.8) is 0 Å². The van der Waals surface area contributed by atoms with Crippen molar-refractivity contribution in [2.45, 2.75) is 27.2 Å². The molecular weight excluding hydrogens is 232 g/mol. The van der Waals surface area contributed by atoms with Crippen molar-refractivity contribution >= 4 is 17.6 Å². The Hall–Kier alpha value is -1.85. The maximum atomic E-state index is 11.5. The molecule has 6 heteroatoms.